The summed E-state index contributed by atoms with van der Waals surface area (Å²) in [7, 11) is 0. The molecule has 1 rings (SSSR count). The molecule has 1 unspecified atom stereocenters. The topological polar surface area (TPSA) is 61.8 Å². The van der Waals surface area contributed by atoms with Crippen LogP contribution in [0.5, 0.6) is 0 Å². The summed E-state index contributed by atoms with van der Waals surface area (Å²) in [6.45, 7) is 4.77. The van der Waals surface area contributed by atoms with Gasteiger partial charge in [0.2, 0.25) is 0 Å². The van der Waals surface area contributed by atoms with E-state index in [0.29, 0.717) is 39.3 Å². The van der Waals surface area contributed by atoms with Gasteiger partial charge in [0.15, 0.2) is 0 Å². The van der Waals surface area contributed by atoms with Crippen LogP contribution in [0, 0.1) is 0 Å². The normalized spacial score (nSPS) is 19.1. The van der Waals surface area contributed by atoms with Crippen LogP contribution in [-0.4, -0.2) is 55.0 Å². The highest BCUT2D eigenvalue weighted by atomic mass is 16.5. The third kappa shape index (κ3) is 3.93. The average molecular weight is 202 g/mol. The number of hydrogen-bond donors (Lipinski definition) is 2. The van der Waals surface area contributed by atoms with Crippen molar-refractivity contribution in [3.8, 4) is 0 Å². The van der Waals surface area contributed by atoms with E-state index in [1.807, 2.05) is 0 Å². The van der Waals surface area contributed by atoms with Crippen LogP contribution < -0.4 is 5.32 Å². The first-order chi connectivity index (χ1) is 6.70. The summed E-state index contributed by atoms with van der Waals surface area (Å²) < 4.78 is 5.13. The van der Waals surface area contributed by atoms with Crippen molar-refractivity contribution in [2.75, 3.05) is 32.8 Å². The largest absolute Gasteiger partial charge is 0.393 e. The van der Waals surface area contributed by atoms with Crippen molar-refractivity contribution in [1.29, 1.82) is 0 Å². The van der Waals surface area contributed by atoms with E-state index in [-0.39, 0.29) is 12.1 Å². The van der Waals surface area contributed by atoms with Gasteiger partial charge in [-0.15, -0.1) is 0 Å². The molecule has 1 aliphatic rings. The van der Waals surface area contributed by atoms with Gasteiger partial charge in [0.1, 0.15) is 0 Å². The molecule has 0 saturated carbocycles. The molecule has 2 amide bonds. The van der Waals surface area contributed by atoms with Crippen molar-refractivity contribution in [1.82, 2.24) is 10.2 Å². The third-order valence-electron chi connectivity index (χ3n) is 2.14. The molecule has 1 aliphatic heterocycles. The Morgan fingerprint density at radius 3 is 2.79 bits per heavy atom. The Balaban J connectivity index is 2.13. The Morgan fingerprint density at radius 2 is 2.21 bits per heavy atom. The van der Waals surface area contributed by atoms with Crippen molar-refractivity contribution < 1.29 is 14.6 Å². The molecular weight excluding hydrogens is 184 g/mol. The molecule has 0 radical (unpaired) electrons. The van der Waals surface area contributed by atoms with Gasteiger partial charge >= 0.3 is 6.03 Å². The van der Waals surface area contributed by atoms with E-state index in [9.17, 15) is 4.79 Å². The molecule has 0 aromatic carbocycles. The highest BCUT2D eigenvalue weighted by Gasteiger charge is 2.15. The van der Waals surface area contributed by atoms with Crippen molar-refractivity contribution >= 4 is 6.03 Å². The molecular formula is C9H18N2O3. The van der Waals surface area contributed by atoms with Crippen LogP contribution in [-0.2, 0) is 4.74 Å². The van der Waals surface area contributed by atoms with Crippen LogP contribution in [0.4, 0.5) is 4.79 Å². The summed E-state index contributed by atoms with van der Waals surface area (Å²) in [5, 5.41) is 11.7. The van der Waals surface area contributed by atoms with E-state index >= 15 is 0 Å². The van der Waals surface area contributed by atoms with Gasteiger partial charge in [0.05, 0.1) is 19.3 Å². The smallest absolute Gasteiger partial charge is 0.317 e. The maximum Gasteiger partial charge on any atom is 0.317 e. The minimum absolute atomic E-state index is 0.0612. The molecule has 2 N–H and O–H groups in total. The number of carbonyl (C=O) groups is 1. The van der Waals surface area contributed by atoms with E-state index in [2.05, 4.69) is 5.32 Å². The Morgan fingerprint density at radius 1 is 1.57 bits per heavy atom. The number of morpholine rings is 1. The van der Waals surface area contributed by atoms with Gasteiger partial charge in [0, 0.05) is 19.6 Å². The molecule has 0 aromatic rings. The minimum atomic E-state index is -0.361. The number of amides is 2. The second kappa shape index (κ2) is 5.82. The van der Waals surface area contributed by atoms with E-state index in [1.54, 1.807) is 11.8 Å². The van der Waals surface area contributed by atoms with Crippen LogP contribution in [0.25, 0.3) is 0 Å². The zero-order valence-corrected chi connectivity index (χ0v) is 8.53. The molecule has 0 aliphatic carbocycles. The summed E-state index contributed by atoms with van der Waals surface area (Å²) in [6.07, 6.45) is 0.232. The predicted octanol–water partition coefficient (Wildman–Crippen LogP) is -0.201. The first-order valence-electron chi connectivity index (χ1n) is 4.98. The quantitative estimate of drug-likeness (QED) is 0.666. The molecule has 0 spiro atoms. The first-order valence-corrected chi connectivity index (χ1v) is 4.98. The van der Waals surface area contributed by atoms with Crippen molar-refractivity contribution in [3.63, 3.8) is 0 Å². The number of aliphatic hydroxyl groups is 1. The molecule has 82 valence electrons. The Labute approximate surface area is 84.0 Å². The zero-order valence-electron chi connectivity index (χ0n) is 8.53. The standard InChI is InChI=1S/C9H18N2O3/c1-8(12)2-3-10-9(13)11-4-6-14-7-5-11/h8,12H,2-7H2,1H3,(H,10,13). The summed E-state index contributed by atoms with van der Waals surface area (Å²) >= 11 is 0. The van der Waals surface area contributed by atoms with Crippen LogP contribution in [0.1, 0.15) is 13.3 Å². The molecule has 14 heavy (non-hydrogen) atoms. The molecule has 1 fully saturated rings. The van der Waals surface area contributed by atoms with E-state index in [4.69, 9.17) is 9.84 Å². The van der Waals surface area contributed by atoms with Crippen LogP contribution >= 0.6 is 0 Å². The first kappa shape index (κ1) is 11.3. The second-order valence-electron chi connectivity index (χ2n) is 3.47. The van der Waals surface area contributed by atoms with Gasteiger partial charge in [-0.05, 0) is 13.3 Å². The lowest BCUT2D eigenvalue weighted by molar-refractivity contribution is 0.0530. The Bertz CT molecular complexity index is 179. The summed E-state index contributed by atoms with van der Waals surface area (Å²) in [4.78, 5) is 13.2. The van der Waals surface area contributed by atoms with Crippen LogP contribution in [0.15, 0.2) is 0 Å². The lowest BCUT2D eigenvalue weighted by Gasteiger charge is -2.27. The number of nitrogens with zero attached hydrogens (tertiary/aromatic N) is 1. The Hall–Kier alpha value is -0.810. The van der Waals surface area contributed by atoms with Gasteiger partial charge in [-0.3, -0.25) is 0 Å². The number of rotatable bonds is 3. The number of ether oxygens (including phenoxy) is 1. The molecule has 1 atom stereocenters. The zero-order chi connectivity index (χ0) is 10.4. The van der Waals surface area contributed by atoms with Gasteiger partial charge < -0.3 is 20.1 Å². The van der Waals surface area contributed by atoms with Gasteiger partial charge in [-0.1, -0.05) is 0 Å². The van der Waals surface area contributed by atoms with Crippen LogP contribution in [0.3, 0.4) is 0 Å². The summed E-state index contributed by atoms with van der Waals surface area (Å²) in [6, 6.07) is -0.0612. The maximum atomic E-state index is 11.5. The maximum absolute atomic E-state index is 11.5. The van der Waals surface area contributed by atoms with Crippen LogP contribution in [0.2, 0.25) is 0 Å². The molecule has 0 bridgehead atoms. The van der Waals surface area contributed by atoms with Gasteiger partial charge in [-0.2, -0.15) is 0 Å². The van der Waals surface area contributed by atoms with Crippen molar-refractivity contribution in [3.05, 3.63) is 0 Å². The highest BCUT2D eigenvalue weighted by Crippen LogP contribution is 1.97. The Kier molecular flexibility index (Phi) is 4.69. The molecule has 5 heteroatoms. The molecule has 5 nitrogen and oxygen atoms in total. The van der Waals surface area contributed by atoms with E-state index in [1.165, 1.54) is 0 Å². The van der Waals surface area contributed by atoms with Crippen molar-refractivity contribution in [2.24, 2.45) is 0 Å². The van der Waals surface area contributed by atoms with E-state index in [0.717, 1.165) is 0 Å². The molecule has 0 aromatic heterocycles. The SMILES string of the molecule is CC(O)CCNC(=O)N1CCOCC1. The second-order valence-corrected chi connectivity index (χ2v) is 3.47. The fourth-order valence-electron chi connectivity index (χ4n) is 1.27. The number of aliphatic hydroxyl groups excluding tert-OH is 1. The molecule has 1 saturated heterocycles. The number of urea groups is 1. The number of hydrogen-bond acceptors (Lipinski definition) is 3. The number of carbonyl (C=O) groups excluding carboxylic acids is 1. The number of nitrogens with one attached hydrogen (secondary N) is 1. The highest BCUT2D eigenvalue weighted by molar-refractivity contribution is 5.74. The van der Waals surface area contributed by atoms with Gasteiger partial charge in [-0.25, -0.2) is 4.79 Å². The monoisotopic (exact) mass is 202 g/mol. The van der Waals surface area contributed by atoms with Crippen molar-refractivity contribution in [2.45, 2.75) is 19.4 Å². The fourth-order valence-corrected chi connectivity index (χ4v) is 1.27. The lowest BCUT2D eigenvalue weighted by Crippen LogP contribution is -2.46. The summed E-state index contributed by atoms with van der Waals surface area (Å²) in [5.41, 5.74) is 0. The van der Waals surface area contributed by atoms with Gasteiger partial charge in [0.25, 0.3) is 0 Å². The molecule has 1 heterocycles. The fraction of sp³-hybridized carbons (Fsp3) is 0.889. The third-order valence-corrected chi connectivity index (χ3v) is 2.14. The average Bonchev–Trinajstić information content (AvgIpc) is 2.18. The van der Waals surface area contributed by atoms with E-state index < -0.39 is 0 Å². The lowest BCUT2D eigenvalue weighted by atomic mass is 10.3. The minimum Gasteiger partial charge on any atom is -0.393 e. The predicted molar refractivity (Wildman–Crippen MR) is 52.1 cm³/mol. The summed E-state index contributed by atoms with van der Waals surface area (Å²) in [5.74, 6) is 0.